The zero-order chi connectivity index (χ0) is 18.3. The summed E-state index contributed by atoms with van der Waals surface area (Å²) in [6.45, 7) is 2.23. The third kappa shape index (κ3) is 3.78. The van der Waals surface area contributed by atoms with Crippen molar-refractivity contribution in [2.75, 3.05) is 5.75 Å². The van der Waals surface area contributed by atoms with Gasteiger partial charge in [0.1, 0.15) is 4.83 Å². The van der Waals surface area contributed by atoms with Crippen molar-refractivity contribution in [3.05, 3.63) is 20.8 Å². The van der Waals surface area contributed by atoms with Crippen LogP contribution in [-0.2, 0) is 17.6 Å². The fraction of sp³-hybridized carbons (Fsp3) is 0.529. The monoisotopic (exact) mass is 392 g/mol. The van der Waals surface area contributed by atoms with E-state index in [1.807, 2.05) is 0 Å². The molecule has 26 heavy (non-hydrogen) atoms. The second-order valence-corrected chi connectivity index (χ2v) is 9.04. The molecule has 1 fully saturated rings. The number of aromatic amines is 1. The number of aromatic nitrogens is 2. The number of amides is 3. The molecule has 2 aliphatic rings. The quantitative estimate of drug-likeness (QED) is 0.547. The van der Waals surface area contributed by atoms with E-state index < -0.39 is 11.9 Å². The van der Waals surface area contributed by atoms with Crippen LogP contribution in [0, 0.1) is 5.92 Å². The minimum absolute atomic E-state index is 0.0225. The number of imide groups is 1. The Balaban J connectivity index is 1.44. The molecule has 7 nitrogen and oxygen atoms in total. The van der Waals surface area contributed by atoms with Gasteiger partial charge in [-0.05, 0) is 43.6 Å². The Kier molecular flexibility index (Phi) is 4.74. The highest BCUT2D eigenvalue weighted by Crippen LogP contribution is 2.36. The first-order chi connectivity index (χ1) is 12.5. The lowest BCUT2D eigenvalue weighted by molar-refractivity contribution is -0.117. The average Bonchev–Trinajstić information content (AvgIpc) is 3.30. The lowest BCUT2D eigenvalue weighted by Gasteiger charge is -2.17. The molecule has 2 aromatic rings. The van der Waals surface area contributed by atoms with Gasteiger partial charge in [0.05, 0.1) is 11.1 Å². The van der Waals surface area contributed by atoms with Crippen LogP contribution >= 0.6 is 23.1 Å². The molecule has 0 aromatic carbocycles. The van der Waals surface area contributed by atoms with Crippen molar-refractivity contribution in [1.82, 2.24) is 20.6 Å². The average molecular weight is 393 g/mol. The number of thioether (sulfide) groups is 1. The Labute approximate surface area is 158 Å². The number of rotatable bonds is 4. The Hall–Kier alpha value is -1.87. The van der Waals surface area contributed by atoms with Gasteiger partial charge >= 0.3 is 6.03 Å². The van der Waals surface area contributed by atoms with Gasteiger partial charge in [0.15, 0.2) is 5.16 Å². The molecule has 0 saturated heterocycles. The smallest absolute Gasteiger partial charge is 0.321 e. The van der Waals surface area contributed by atoms with E-state index in [2.05, 4.69) is 27.5 Å². The molecule has 0 radical (unpaired) electrons. The molecule has 2 heterocycles. The zero-order valence-corrected chi connectivity index (χ0v) is 16.0. The minimum atomic E-state index is -0.463. The SMILES string of the molecule is C[C@H]1CCc2c(sc3nc(SCC(=O)NC(=O)NC4CC4)[nH]c(=O)c23)C1. The number of hydrogen-bond donors (Lipinski definition) is 3. The van der Waals surface area contributed by atoms with Gasteiger partial charge in [-0.1, -0.05) is 18.7 Å². The lowest BCUT2D eigenvalue weighted by Crippen LogP contribution is -2.41. The molecular weight excluding hydrogens is 372 g/mol. The Morgan fingerprint density at radius 1 is 1.35 bits per heavy atom. The molecule has 1 saturated carbocycles. The van der Waals surface area contributed by atoms with E-state index >= 15 is 0 Å². The fourth-order valence-corrected chi connectivity index (χ4v) is 5.25. The van der Waals surface area contributed by atoms with E-state index in [1.165, 1.54) is 4.88 Å². The van der Waals surface area contributed by atoms with Gasteiger partial charge in [0, 0.05) is 10.9 Å². The summed E-state index contributed by atoms with van der Waals surface area (Å²) < 4.78 is 0. The maximum absolute atomic E-state index is 12.5. The number of nitrogens with one attached hydrogen (secondary N) is 3. The first kappa shape index (κ1) is 17.5. The number of carbonyl (C=O) groups excluding carboxylic acids is 2. The number of carbonyl (C=O) groups is 2. The molecule has 9 heteroatoms. The van der Waals surface area contributed by atoms with E-state index in [0.29, 0.717) is 16.5 Å². The third-order valence-corrected chi connectivity index (χ3v) is 6.67. The van der Waals surface area contributed by atoms with Crippen LogP contribution in [0.4, 0.5) is 4.79 Å². The first-order valence-electron chi connectivity index (χ1n) is 8.77. The molecule has 4 rings (SSSR count). The van der Waals surface area contributed by atoms with Gasteiger partial charge in [0.25, 0.3) is 5.56 Å². The highest BCUT2D eigenvalue weighted by molar-refractivity contribution is 7.99. The van der Waals surface area contributed by atoms with E-state index in [4.69, 9.17) is 0 Å². The van der Waals surface area contributed by atoms with Crippen molar-refractivity contribution >= 4 is 45.3 Å². The van der Waals surface area contributed by atoms with Crippen molar-refractivity contribution in [2.45, 2.75) is 50.2 Å². The molecule has 0 spiro atoms. The molecular formula is C17H20N4O3S2. The summed E-state index contributed by atoms with van der Waals surface area (Å²) >= 11 is 2.71. The third-order valence-electron chi connectivity index (χ3n) is 4.65. The normalized spacial score (nSPS) is 19.2. The second-order valence-electron chi connectivity index (χ2n) is 6.99. The summed E-state index contributed by atoms with van der Waals surface area (Å²) in [7, 11) is 0. The minimum Gasteiger partial charge on any atom is -0.335 e. The van der Waals surface area contributed by atoms with Gasteiger partial charge in [-0.25, -0.2) is 9.78 Å². The number of hydrogen-bond acceptors (Lipinski definition) is 6. The van der Waals surface area contributed by atoms with Gasteiger partial charge in [-0.2, -0.15) is 0 Å². The molecule has 138 valence electrons. The number of aryl methyl sites for hydroxylation is 1. The largest absolute Gasteiger partial charge is 0.335 e. The first-order valence-corrected chi connectivity index (χ1v) is 10.6. The molecule has 3 N–H and O–H groups in total. The fourth-order valence-electron chi connectivity index (χ4n) is 3.14. The van der Waals surface area contributed by atoms with E-state index in [0.717, 1.165) is 54.3 Å². The molecule has 0 aliphatic heterocycles. The number of urea groups is 1. The van der Waals surface area contributed by atoms with Gasteiger partial charge < -0.3 is 10.3 Å². The number of thiophene rings is 1. The predicted molar refractivity (Wildman–Crippen MR) is 102 cm³/mol. The molecule has 3 amide bonds. The second kappa shape index (κ2) is 7.03. The molecule has 1 atom stereocenters. The standard InChI is InChI=1S/C17H20N4O3S2/c1-8-2-5-10-11(6-8)26-15-13(10)14(23)20-17(21-15)25-7-12(22)19-16(24)18-9-3-4-9/h8-9H,2-7H2,1H3,(H,20,21,23)(H2,18,19,22,24)/t8-/m0/s1. The summed E-state index contributed by atoms with van der Waals surface area (Å²) in [5.74, 6) is 0.249. The van der Waals surface area contributed by atoms with Crippen LogP contribution in [0.2, 0.25) is 0 Å². The van der Waals surface area contributed by atoms with Crippen molar-refractivity contribution < 1.29 is 9.59 Å². The van der Waals surface area contributed by atoms with E-state index in [1.54, 1.807) is 11.3 Å². The molecule has 0 bridgehead atoms. The van der Waals surface area contributed by atoms with Crippen molar-refractivity contribution in [1.29, 1.82) is 0 Å². The predicted octanol–water partition coefficient (Wildman–Crippen LogP) is 2.19. The van der Waals surface area contributed by atoms with E-state index in [9.17, 15) is 14.4 Å². The maximum atomic E-state index is 12.5. The molecule has 2 aliphatic carbocycles. The Bertz CT molecular complexity index is 932. The van der Waals surface area contributed by atoms with Crippen LogP contribution < -0.4 is 16.2 Å². The zero-order valence-electron chi connectivity index (χ0n) is 14.4. The Morgan fingerprint density at radius 3 is 2.92 bits per heavy atom. The summed E-state index contributed by atoms with van der Waals surface area (Å²) in [4.78, 5) is 45.2. The van der Waals surface area contributed by atoms with Gasteiger partial charge in [0.2, 0.25) is 5.91 Å². The Morgan fingerprint density at radius 2 is 2.15 bits per heavy atom. The van der Waals surface area contributed by atoms with Gasteiger partial charge in [-0.15, -0.1) is 11.3 Å². The summed E-state index contributed by atoms with van der Waals surface area (Å²) in [5.41, 5.74) is 0.999. The molecule has 2 aromatic heterocycles. The van der Waals surface area contributed by atoms with E-state index in [-0.39, 0.29) is 17.4 Å². The van der Waals surface area contributed by atoms with Crippen LogP contribution in [0.1, 0.15) is 36.6 Å². The summed E-state index contributed by atoms with van der Waals surface area (Å²) in [6.07, 6.45) is 4.94. The maximum Gasteiger partial charge on any atom is 0.321 e. The van der Waals surface area contributed by atoms with Gasteiger partial charge in [-0.3, -0.25) is 14.9 Å². The van der Waals surface area contributed by atoms with Crippen molar-refractivity contribution in [3.63, 3.8) is 0 Å². The highest BCUT2D eigenvalue weighted by Gasteiger charge is 2.25. The van der Waals surface area contributed by atoms with Crippen LogP contribution in [0.5, 0.6) is 0 Å². The summed E-state index contributed by atoms with van der Waals surface area (Å²) in [6, 6.07) is -0.265. The van der Waals surface area contributed by atoms with Crippen molar-refractivity contribution in [3.8, 4) is 0 Å². The van der Waals surface area contributed by atoms with Crippen LogP contribution in [0.3, 0.4) is 0 Å². The van der Waals surface area contributed by atoms with Crippen LogP contribution in [-0.4, -0.2) is 33.7 Å². The topological polar surface area (TPSA) is 104 Å². The summed E-state index contributed by atoms with van der Waals surface area (Å²) in [5, 5.41) is 6.10. The van der Waals surface area contributed by atoms with Crippen molar-refractivity contribution in [2.24, 2.45) is 5.92 Å². The number of nitrogens with zero attached hydrogens (tertiary/aromatic N) is 1. The number of fused-ring (bicyclic) bond motifs is 3. The number of H-pyrrole nitrogens is 1. The highest BCUT2D eigenvalue weighted by atomic mass is 32.2. The molecule has 0 unspecified atom stereocenters. The lowest BCUT2D eigenvalue weighted by atomic mass is 9.89. The van der Waals surface area contributed by atoms with Crippen LogP contribution in [0.25, 0.3) is 10.2 Å². The van der Waals surface area contributed by atoms with Crippen LogP contribution in [0.15, 0.2) is 9.95 Å².